The summed E-state index contributed by atoms with van der Waals surface area (Å²) >= 11 is -1.60. The number of aromatic hydroxyl groups is 1. The lowest BCUT2D eigenvalue weighted by Gasteiger charge is -2.30. The van der Waals surface area contributed by atoms with E-state index in [-0.39, 0.29) is 17.3 Å². The molecule has 234 valence electrons. The number of rotatable bonds is 7. The zero-order valence-corrected chi connectivity index (χ0v) is 26.6. The first-order chi connectivity index (χ1) is 22.4. The molecule has 1 aliphatic heterocycles. The summed E-state index contributed by atoms with van der Waals surface area (Å²) in [5, 5.41) is 16.9. The third-order valence-electron chi connectivity index (χ3n) is 8.69. The van der Waals surface area contributed by atoms with Gasteiger partial charge in [0.05, 0.1) is 18.4 Å². The maximum absolute atomic E-state index is 13.6. The number of nitrogens with one attached hydrogen (secondary N) is 1. The van der Waals surface area contributed by atoms with Gasteiger partial charge in [-0.1, -0.05) is 49.3 Å². The van der Waals surface area contributed by atoms with Gasteiger partial charge in [0.15, 0.2) is 4.90 Å². The fourth-order valence-electron chi connectivity index (χ4n) is 6.13. The van der Waals surface area contributed by atoms with Gasteiger partial charge < -0.3 is 19.9 Å². The Balaban J connectivity index is 1.14. The van der Waals surface area contributed by atoms with Crippen molar-refractivity contribution in [3.63, 3.8) is 0 Å². The molecule has 0 saturated heterocycles. The number of phenols is 1. The van der Waals surface area contributed by atoms with Crippen molar-refractivity contribution in [1.82, 2.24) is 4.90 Å². The van der Waals surface area contributed by atoms with Crippen LogP contribution in [0.4, 0.5) is 17.1 Å². The maximum atomic E-state index is 13.6. The highest BCUT2D eigenvalue weighted by Crippen LogP contribution is 2.33. The Morgan fingerprint density at radius 3 is 2.50 bits per heavy atom. The average Bonchev–Trinajstić information content (AvgIpc) is 3.10. The molecule has 9 heteroatoms. The van der Waals surface area contributed by atoms with Crippen molar-refractivity contribution in [2.75, 3.05) is 23.2 Å². The van der Waals surface area contributed by atoms with E-state index < -0.39 is 11.4 Å². The standard InChI is InChI=1S/C37H36N4O4S/c1-40(46(45)33-18-19-35(36(24-33)39-44)38-30-10-6-3-7-11-30)31-16-14-27(15-17-31)37(43)41-21-20-29-23-32(42)22-28(34(29)25-41)13-12-26-8-4-2-5-9-26/h2,4-5,8-9,14-19,22-24,30,38,42H,3,6-7,10-11,20-21,25H2,1H3. The number of carbonyl (C=O) groups is 1. The number of anilines is 2. The van der Waals surface area contributed by atoms with E-state index in [1.54, 1.807) is 70.9 Å². The van der Waals surface area contributed by atoms with Crippen molar-refractivity contribution in [1.29, 1.82) is 0 Å². The molecule has 1 atom stereocenters. The Morgan fingerprint density at radius 2 is 1.76 bits per heavy atom. The second kappa shape index (κ2) is 14.1. The molecule has 46 heavy (non-hydrogen) atoms. The van der Waals surface area contributed by atoms with E-state index in [4.69, 9.17) is 0 Å². The zero-order valence-electron chi connectivity index (χ0n) is 25.7. The van der Waals surface area contributed by atoms with Crippen LogP contribution in [0.1, 0.15) is 64.7 Å². The van der Waals surface area contributed by atoms with Crippen LogP contribution < -0.4 is 9.62 Å². The van der Waals surface area contributed by atoms with Crippen molar-refractivity contribution >= 4 is 34.3 Å². The molecule has 6 rings (SSSR count). The smallest absolute Gasteiger partial charge is 0.254 e. The highest BCUT2D eigenvalue weighted by molar-refractivity contribution is 7.92. The van der Waals surface area contributed by atoms with E-state index >= 15 is 0 Å². The Morgan fingerprint density at radius 1 is 1.00 bits per heavy atom. The summed E-state index contributed by atoms with van der Waals surface area (Å²) in [5.74, 6) is 6.40. The van der Waals surface area contributed by atoms with E-state index in [9.17, 15) is 19.4 Å². The third-order valence-corrected chi connectivity index (χ3v) is 10.1. The van der Waals surface area contributed by atoms with Crippen LogP contribution in [-0.4, -0.2) is 40.1 Å². The van der Waals surface area contributed by atoms with E-state index in [1.807, 2.05) is 30.3 Å². The fraction of sp³-hybridized carbons (Fsp3) is 0.270. The molecule has 0 spiro atoms. The van der Waals surface area contributed by atoms with Crippen LogP contribution in [0.2, 0.25) is 0 Å². The summed E-state index contributed by atoms with van der Waals surface area (Å²) in [7, 11) is 1.71. The van der Waals surface area contributed by atoms with Gasteiger partial charge in [-0.25, -0.2) is 0 Å². The highest BCUT2D eigenvalue weighted by atomic mass is 32.2. The molecule has 1 unspecified atom stereocenters. The van der Waals surface area contributed by atoms with Crippen LogP contribution in [-0.2, 0) is 24.3 Å². The molecule has 1 aliphatic carbocycles. The lowest BCUT2D eigenvalue weighted by molar-refractivity contribution is 0.0734. The van der Waals surface area contributed by atoms with Gasteiger partial charge in [-0.15, -0.1) is 4.91 Å². The molecular formula is C37H36N4O4S. The van der Waals surface area contributed by atoms with E-state index in [0.29, 0.717) is 52.9 Å². The topological polar surface area (TPSA) is 108 Å². The monoisotopic (exact) mass is 632 g/mol. The van der Waals surface area contributed by atoms with E-state index in [1.165, 1.54) is 19.3 Å². The van der Waals surface area contributed by atoms with Gasteiger partial charge in [0.1, 0.15) is 22.8 Å². The lowest BCUT2D eigenvalue weighted by Crippen LogP contribution is -2.36. The molecule has 8 nitrogen and oxygen atoms in total. The number of carbonyl (C=O) groups excluding carboxylic acids is 1. The number of nitroso groups, excluding NO2 is 1. The highest BCUT2D eigenvalue weighted by Gasteiger charge is 2.26. The molecule has 1 heterocycles. The summed E-state index contributed by atoms with van der Waals surface area (Å²) in [4.78, 5) is 27.5. The molecular weight excluding hydrogens is 596 g/mol. The predicted octanol–water partition coefficient (Wildman–Crippen LogP) is 7.29. The molecule has 2 N–H and O–H groups in total. The molecule has 1 fully saturated rings. The number of amides is 1. The van der Waals surface area contributed by atoms with Crippen LogP contribution in [0.25, 0.3) is 0 Å². The van der Waals surface area contributed by atoms with Gasteiger partial charge in [0.25, 0.3) is 5.91 Å². The molecule has 0 bridgehead atoms. The van der Waals surface area contributed by atoms with Crippen molar-refractivity contribution < 1.29 is 14.5 Å². The Bertz CT molecular complexity index is 1780. The van der Waals surface area contributed by atoms with Gasteiger partial charge in [0, 0.05) is 41.9 Å². The molecule has 4 aromatic rings. The first-order valence-electron chi connectivity index (χ1n) is 15.6. The summed E-state index contributed by atoms with van der Waals surface area (Å²) in [5.41, 5.74) is 5.62. The largest absolute Gasteiger partial charge is 0.588 e. The number of phenolic OH excluding ortho intramolecular Hbond substituents is 1. The lowest BCUT2D eigenvalue weighted by atomic mass is 9.94. The first kappa shape index (κ1) is 31.2. The van der Waals surface area contributed by atoms with Gasteiger partial charge in [0.2, 0.25) is 0 Å². The van der Waals surface area contributed by atoms with Crippen molar-refractivity contribution in [2.24, 2.45) is 5.18 Å². The normalized spacial score (nSPS) is 15.2. The van der Waals surface area contributed by atoms with Crippen LogP contribution in [0.5, 0.6) is 5.75 Å². The third kappa shape index (κ3) is 7.04. The Hall–Kier alpha value is -4.78. The molecule has 0 radical (unpaired) electrons. The summed E-state index contributed by atoms with van der Waals surface area (Å²) in [6, 6.07) is 25.5. The summed E-state index contributed by atoms with van der Waals surface area (Å²) in [6.45, 7) is 0.906. The SMILES string of the molecule is CN(c1ccc(C(=O)N2CCc3cc(O)cc(C#Cc4ccccc4)c3C2)cc1)[S+]([O-])c1ccc(NC2CCCCC2)c(N=O)c1. The fourth-order valence-corrected chi connectivity index (χ4v) is 7.16. The first-order valence-corrected chi connectivity index (χ1v) is 16.7. The van der Waals surface area contributed by atoms with Gasteiger partial charge in [-0.3, -0.25) is 4.79 Å². The van der Waals surface area contributed by atoms with Crippen LogP contribution in [0, 0.1) is 16.7 Å². The average molecular weight is 633 g/mol. The molecule has 2 aliphatic rings. The minimum Gasteiger partial charge on any atom is -0.588 e. The van der Waals surface area contributed by atoms with Crippen molar-refractivity contribution in [3.05, 3.63) is 118 Å². The van der Waals surface area contributed by atoms with Crippen LogP contribution in [0.3, 0.4) is 0 Å². The molecule has 4 aromatic carbocycles. The molecule has 1 saturated carbocycles. The summed E-state index contributed by atoms with van der Waals surface area (Å²) < 4.78 is 15.1. The van der Waals surface area contributed by atoms with E-state index in [0.717, 1.165) is 29.5 Å². The second-order valence-electron chi connectivity index (χ2n) is 11.8. The number of hydrogen-bond acceptors (Lipinski definition) is 7. The minimum absolute atomic E-state index is 0.112. The summed E-state index contributed by atoms with van der Waals surface area (Å²) in [6.07, 6.45) is 6.31. The van der Waals surface area contributed by atoms with Crippen LogP contribution >= 0.6 is 0 Å². The maximum Gasteiger partial charge on any atom is 0.254 e. The van der Waals surface area contributed by atoms with Crippen molar-refractivity contribution in [2.45, 2.75) is 56.0 Å². The second-order valence-corrected chi connectivity index (χ2v) is 13.3. The van der Waals surface area contributed by atoms with Gasteiger partial charge >= 0.3 is 0 Å². The van der Waals surface area contributed by atoms with E-state index in [2.05, 4.69) is 22.3 Å². The predicted molar refractivity (Wildman–Crippen MR) is 183 cm³/mol. The number of fused-ring (bicyclic) bond motifs is 1. The van der Waals surface area contributed by atoms with Gasteiger partial charge in [-0.05, 0) is 96.2 Å². The van der Waals surface area contributed by atoms with Crippen molar-refractivity contribution in [3.8, 4) is 17.6 Å². The number of nitrogens with zero attached hydrogens (tertiary/aromatic N) is 3. The molecule has 0 aromatic heterocycles. The number of hydrogen-bond donors (Lipinski definition) is 2. The minimum atomic E-state index is -1.60. The molecule has 1 amide bonds. The quantitative estimate of drug-likeness (QED) is 0.126. The van der Waals surface area contributed by atoms with Gasteiger partial charge in [-0.2, -0.15) is 4.31 Å². The Kier molecular flexibility index (Phi) is 9.57. The zero-order chi connectivity index (χ0) is 32.0. The Labute approximate surface area is 272 Å². The number of benzene rings is 4. The van der Waals surface area contributed by atoms with Crippen LogP contribution in [0.15, 0.2) is 95.0 Å².